The molecular formula is C18H15F2NO2S. The minimum atomic E-state index is -4.65. The van der Waals surface area contributed by atoms with Crippen molar-refractivity contribution in [2.24, 2.45) is 0 Å². The number of para-hydroxylation sites is 1. The van der Waals surface area contributed by atoms with E-state index in [0.717, 1.165) is 16.3 Å². The number of alkyl halides is 2. The number of anilines is 1. The third-order valence-electron chi connectivity index (χ3n) is 3.78. The summed E-state index contributed by atoms with van der Waals surface area (Å²) in [7, 11) is -4.65. The normalized spacial score (nSPS) is 11.8. The Morgan fingerprint density at radius 3 is 2.33 bits per heavy atom. The number of benzene rings is 3. The molecule has 0 saturated carbocycles. The Morgan fingerprint density at radius 1 is 0.875 bits per heavy atom. The molecule has 3 nitrogen and oxygen atoms in total. The van der Waals surface area contributed by atoms with Crippen LogP contribution < -0.4 is 5.32 Å². The first-order valence-corrected chi connectivity index (χ1v) is 8.86. The number of nitrogens with one attached hydrogen (secondary N) is 1. The maximum Gasteiger partial charge on any atom is 0.341 e. The zero-order valence-electron chi connectivity index (χ0n) is 12.6. The first kappa shape index (κ1) is 16.4. The second-order valence-corrected chi connectivity index (χ2v) is 7.18. The van der Waals surface area contributed by atoms with Crippen molar-refractivity contribution in [2.75, 3.05) is 5.32 Å². The molecule has 3 aromatic rings. The fraction of sp³-hybridized carbons (Fsp3) is 0.111. The fourth-order valence-electron chi connectivity index (χ4n) is 2.59. The monoisotopic (exact) mass is 347 g/mol. The minimum absolute atomic E-state index is 0.172. The van der Waals surface area contributed by atoms with Gasteiger partial charge in [0.15, 0.2) is 0 Å². The van der Waals surface area contributed by atoms with Crippen LogP contribution >= 0.6 is 0 Å². The van der Waals surface area contributed by atoms with Gasteiger partial charge in [0, 0.05) is 6.54 Å². The van der Waals surface area contributed by atoms with Crippen LogP contribution in [0.25, 0.3) is 10.8 Å². The number of hydrogen-bond donors (Lipinski definition) is 1. The maximum atomic E-state index is 12.8. The summed E-state index contributed by atoms with van der Waals surface area (Å²) in [4.78, 5) is -0.389. The second-order valence-electron chi connectivity index (χ2n) is 5.29. The van der Waals surface area contributed by atoms with Crippen molar-refractivity contribution in [1.82, 2.24) is 0 Å². The summed E-state index contributed by atoms with van der Waals surface area (Å²) in [5.41, 5.74) is 1.13. The summed E-state index contributed by atoms with van der Waals surface area (Å²) in [6.45, 7) is 0.330. The molecule has 0 aliphatic carbocycles. The zero-order chi connectivity index (χ0) is 17.2. The van der Waals surface area contributed by atoms with Crippen molar-refractivity contribution in [1.29, 1.82) is 0 Å². The van der Waals surface area contributed by atoms with Gasteiger partial charge < -0.3 is 5.32 Å². The molecule has 24 heavy (non-hydrogen) atoms. The van der Waals surface area contributed by atoms with Crippen molar-refractivity contribution >= 4 is 26.3 Å². The van der Waals surface area contributed by atoms with Gasteiger partial charge in [-0.3, -0.25) is 0 Å². The first-order valence-electron chi connectivity index (χ1n) is 7.32. The van der Waals surface area contributed by atoms with Crippen LogP contribution in [0, 0.1) is 0 Å². The van der Waals surface area contributed by atoms with E-state index in [1.165, 1.54) is 18.2 Å². The lowest BCUT2D eigenvalue weighted by molar-refractivity contribution is 0.235. The van der Waals surface area contributed by atoms with Gasteiger partial charge in [-0.1, -0.05) is 54.6 Å². The molecule has 0 aliphatic heterocycles. The van der Waals surface area contributed by atoms with Gasteiger partial charge in [-0.25, -0.2) is 8.42 Å². The van der Waals surface area contributed by atoms with E-state index < -0.39 is 15.6 Å². The average molecular weight is 347 g/mol. The van der Waals surface area contributed by atoms with Gasteiger partial charge in [-0.05, 0) is 28.5 Å². The fourth-order valence-corrected chi connectivity index (χ4v) is 3.50. The lowest BCUT2D eigenvalue weighted by Gasteiger charge is -2.13. The highest BCUT2D eigenvalue weighted by atomic mass is 32.2. The van der Waals surface area contributed by atoms with E-state index in [2.05, 4.69) is 5.32 Å². The predicted octanol–water partition coefficient (Wildman–Crippen LogP) is 4.45. The molecule has 0 saturated heterocycles. The molecule has 0 radical (unpaired) electrons. The Balaban J connectivity index is 1.93. The Hall–Kier alpha value is -2.47. The Bertz CT molecular complexity index is 966. The number of sulfone groups is 1. The lowest BCUT2D eigenvalue weighted by atomic mass is 10.0. The molecule has 3 aromatic carbocycles. The third-order valence-corrected chi connectivity index (χ3v) is 5.22. The van der Waals surface area contributed by atoms with Crippen LogP contribution in [0.4, 0.5) is 14.5 Å². The van der Waals surface area contributed by atoms with E-state index in [1.54, 1.807) is 6.07 Å². The van der Waals surface area contributed by atoms with Crippen molar-refractivity contribution in [3.8, 4) is 0 Å². The smallest absolute Gasteiger partial charge is 0.341 e. The van der Waals surface area contributed by atoms with E-state index in [9.17, 15) is 17.2 Å². The molecule has 6 heteroatoms. The number of halogens is 2. The molecule has 0 atom stereocenters. The van der Waals surface area contributed by atoms with Crippen molar-refractivity contribution < 1.29 is 17.2 Å². The van der Waals surface area contributed by atoms with Crippen LogP contribution in [0.1, 0.15) is 5.56 Å². The molecule has 124 valence electrons. The van der Waals surface area contributed by atoms with Crippen molar-refractivity contribution in [2.45, 2.75) is 17.2 Å². The summed E-state index contributed by atoms with van der Waals surface area (Å²) in [5.74, 6) is -3.45. The molecule has 0 spiro atoms. The van der Waals surface area contributed by atoms with Gasteiger partial charge in [0.2, 0.25) is 9.84 Å². The molecule has 0 heterocycles. The topological polar surface area (TPSA) is 46.2 Å². The summed E-state index contributed by atoms with van der Waals surface area (Å²) >= 11 is 0. The summed E-state index contributed by atoms with van der Waals surface area (Å²) in [6.07, 6.45) is 0. The van der Waals surface area contributed by atoms with Crippen LogP contribution in [0.3, 0.4) is 0 Å². The Morgan fingerprint density at radius 2 is 1.54 bits per heavy atom. The molecule has 0 amide bonds. The average Bonchev–Trinajstić information content (AvgIpc) is 2.60. The van der Waals surface area contributed by atoms with Gasteiger partial charge in [0.1, 0.15) is 0 Å². The highest BCUT2D eigenvalue weighted by Gasteiger charge is 2.28. The quantitative estimate of drug-likeness (QED) is 0.742. The molecule has 0 unspecified atom stereocenters. The van der Waals surface area contributed by atoms with E-state index >= 15 is 0 Å². The largest absolute Gasteiger partial charge is 0.380 e. The molecule has 0 bridgehead atoms. The van der Waals surface area contributed by atoms with Gasteiger partial charge in [-0.2, -0.15) is 8.78 Å². The maximum absolute atomic E-state index is 12.8. The first-order chi connectivity index (χ1) is 11.5. The van der Waals surface area contributed by atoms with Crippen LogP contribution in [-0.2, 0) is 16.4 Å². The molecule has 0 aliphatic rings. The number of hydrogen-bond acceptors (Lipinski definition) is 3. The number of rotatable bonds is 5. The standard InChI is InChI=1S/C18H15F2NO2S/c19-18(20)24(22,23)17-11-4-3-10-16(17)21-12-14-8-5-7-13-6-1-2-9-15(13)14/h1-11,18,21H,12H2. The predicted molar refractivity (Wildman–Crippen MR) is 90.9 cm³/mol. The molecular weight excluding hydrogens is 332 g/mol. The van der Waals surface area contributed by atoms with E-state index in [4.69, 9.17) is 0 Å². The van der Waals surface area contributed by atoms with Gasteiger partial charge in [0.05, 0.1) is 10.6 Å². The molecule has 3 rings (SSSR count). The zero-order valence-corrected chi connectivity index (χ0v) is 13.4. The Kier molecular flexibility index (Phi) is 4.49. The van der Waals surface area contributed by atoms with Crippen molar-refractivity contribution in [3.05, 3.63) is 72.3 Å². The third kappa shape index (κ3) is 3.10. The summed E-state index contributed by atoms with van der Waals surface area (Å²) in [5, 5.41) is 5.06. The van der Waals surface area contributed by atoms with Gasteiger partial charge >= 0.3 is 5.76 Å². The minimum Gasteiger partial charge on any atom is -0.380 e. The van der Waals surface area contributed by atoms with Crippen molar-refractivity contribution in [3.63, 3.8) is 0 Å². The van der Waals surface area contributed by atoms with Gasteiger partial charge in [-0.15, -0.1) is 0 Å². The SMILES string of the molecule is O=S(=O)(c1ccccc1NCc1cccc2ccccc12)C(F)F. The second kappa shape index (κ2) is 6.57. The molecule has 1 N–H and O–H groups in total. The van der Waals surface area contributed by atoms with E-state index in [-0.39, 0.29) is 10.6 Å². The number of fused-ring (bicyclic) bond motifs is 1. The van der Waals surface area contributed by atoms with Crippen LogP contribution in [-0.4, -0.2) is 14.2 Å². The molecule has 0 fully saturated rings. The van der Waals surface area contributed by atoms with E-state index in [1.807, 2.05) is 42.5 Å². The molecule has 0 aromatic heterocycles. The Labute approximate surface area is 138 Å². The lowest BCUT2D eigenvalue weighted by Crippen LogP contribution is -2.14. The highest BCUT2D eigenvalue weighted by Crippen LogP contribution is 2.27. The van der Waals surface area contributed by atoms with Gasteiger partial charge in [0.25, 0.3) is 0 Å². The van der Waals surface area contributed by atoms with Crippen LogP contribution in [0.15, 0.2) is 71.6 Å². The van der Waals surface area contributed by atoms with Crippen LogP contribution in [0.2, 0.25) is 0 Å². The van der Waals surface area contributed by atoms with Crippen LogP contribution in [0.5, 0.6) is 0 Å². The van der Waals surface area contributed by atoms with E-state index in [0.29, 0.717) is 6.54 Å². The highest BCUT2D eigenvalue weighted by molar-refractivity contribution is 7.91. The summed E-state index contributed by atoms with van der Waals surface area (Å²) < 4.78 is 49.2. The summed E-state index contributed by atoms with van der Waals surface area (Å²) in [6, 6.07) is 19.3.